The predicted octanol–water partition coefficient (Wildman–Crippen LogP) is 0.898. The summed E-state index contributed by atoms with van der Waals surface area (Å²) < 4.78 is 0. The topological polar surface area (TPSA) is 12.4 Å². The van der Waals surface area contributed by atoms with Gasteiger partial charge in [0, 0.05) is 0 Å². The minimum absolute atomic E-state index is 0. The molecular weight excluding hydrogens is 246 g/mol. The van der Waals surface area contributed by atoms with Crippen molar-refractivity contribution in [2.45, 2.75) is 6.92 Å². The standard InChI is InChI=1S/C4H5N.W/c1-3-5-4-2;/h1,3H,2H3;/q-2;+2. The summed E-state index contributed by atoms with van der Waals surface area (Å²) in [6.07, 6.45) is 3.66. The molecule has 0 rings (SSSR count). The molecule has 0 amide bonds. The molecule has 2 heteroatoms. The zero-order chi connectivity index (χ0) is 4.12. The van der Waals surface area contributed by atoms with Crippen LogP contribution >= 0.6 is 0 Å². The first kappa shape index (κ1) is 9.44. The summed E-state index contributed by atoms with van der Waals surface area (Å²) in [7, 11) is 0. The summed E-state index contributed by atoms with van der Waals surface area (Å²) in [5.41, 5.74) is 0. The van der Waals surface area contributed by atoms with Crippen LogP contribution in [0.25, 0.3) is 0 Å². The Morgan fingerprint density at radius 2 is 2.33 bits per heavy atom. The van der Waals surface area contributed by atoms with Crippen LogP contribution in [0.2, 0.25) is 0 Å². The number of aliphatic imine (C=N–C) groups is 1. The average molecular weight is 251 g/mol. The molecule has 0 aliphatic heterocycles. The van der Waals surface area contributed by atoms with Crippen LogP contribution in [0.5, 0.6) is 0 Å². The molecule has 0 radical (unpaired) electrons. The van der Waals surface area contributed by atoms with Crippen LogP contribution in [0, 0.1) is 6.58 Å². The molecule has 0 aliphatic rings. The monoisotopic (exact) mass is 251 g/mol. The zero-order valence-electron chi connectivity index (χ0n) is 3.51. The molecule has 0 heterocycles. The summed E-state index contributed by atoms with van der Waals surface area (Å²) in [4.78, 5) is 3.38. The molecule has 0 bridgehead atoms. The Kier molecular flexibility index (Phi) is 14.0. The Morgan fingerprint density at radius 1 is 1.83 bits per heavy atom. The van der Waals surface area contributed by atoms with Crippen LogP contribution in [0.1, 0.15) is 6.92 Å². The van der Waals surface area contributed by atoms with E-state index in [1.807, 2.05) is 0 Å². The van der Waals surface area contributed by atoms with E-state index in [9.17, 15) is 0 Å². The third kappa shape index (κ3) is 8.94. The molecule has 0 fully saturated rings. The zero-order valence-corrected chi connectivity index (χ0v) is 6.44. The fourth-order valence-electron chi connectivity index (χ4n) is 0.0745. The van der Waals surface area contributed by atoms with E-state index in [0.29, 0.717) is 0 Å². The second-order valence-electron chi connectivity index (χ2n) is 0.502. The summed E-state index contributed by atoms with van der Waals surface area (Å²) in [5.74, 6) is 0. The van der Waals surface area contributed by atoms with E-state index in [2.05, 4.69) is 11.2 Å². The van der Waals surface area contributed by atoms with E-state index < -0.39 is 0 Å². The van der Waals surface area contributed by atoms with Crippen molar-refractivity contribution in [3.63, 3.8) is 0 Å². The molecule has 0 atom stereocenters. The summed E-state index contributed by atoms with van der Waals surface area (Å²) in [6.45, 7) is 6.47. The fourth-order valence-corrected chi connectivity index (χ4v) is 0.0745. The minimum Gasteiger partial charge on any atom is -0.601 e. The molecule has 0 aromatic rings. The van der Waals surface area contributed by atoms with Gasteiger partial charge in [0.05, 0.1) is 0 Å². The van der Waals surface area contributed by atoms with Crippen molar-refractivity contribution in [3.8, 4) is 0 Å². The van der Waals surface area contributed by atoms with Gasteiger partial charge in [0.15, 0.2) is 0 Å². The quantitative estimate of drug-likeness (QED) is 0.485. The Hall–Kier alpha value is 0.0983. The summed E-state index contributed by atoms with van der Waals surface area (Å²) in [5, 5.41) is 0. The Bertz CT molecular complexity index is 49.5. The van der Waals surface area contributed by atoms with Crippen LogP contribution in [0.15, 0.2) is 11.2 Å². The van der Waals surface area contributed by atoms with Crippen LogP contribution < -0.4 is 0 Å². The van der Waals surface area contributed by atoms with Gasteiger partial charge in [0.25, 0.3) is 0 Å². The molecule has 32 valence electrons. The van der Waals surface area contributed by atoms with Gasteiger partial charge in [-0.2, -0.15) is 6.21 Å². The maximum absolute atomic E-state index is 4.78. The van der Waals surface area contributed by atoms with Gasteiger partial charge >= 0.3 is 21.1 Å². The molecule has 0 aromatic carbocycles. The predicted molar refractivity (Wildman–Crippen MR) is 22.0 cm³/mol. The summed E-state index contributed by atoms with van der Waals surface area (Å²) in [6, 6.07) is 0. The van der Waals surface area contributed by atoms with E-state index >= 15 is 0 Å². The molecular formula is C4H5NW. The molecule has 0 spiro atoms. The molecule has 6 heavy (non-hydrogen) atoms. The van der Waals surface area contributed by atoms with Crippen LogP contribution in [0.4, 0.5) is 0 Å². The van der Waals surface area contributed by atoms with Crippen LogP contribution in [0.3, 0.4) is 0 Å². The molecule has 0 saturated carbocycles. The number of hydrogen-bond donors (Lipinski definition) is 0. The fraction of sp³-hybridized carbons (Fsp3) is 0.250. The maximum Gasteiger partial charge on any atom is 2.00 e. The molecule has 1 nitrogen and oxygen atoms in total. The SMILES string of the molecule is [CH-]=CN=[C-]C.[W+2]. The Morgan fingerprint density at radius 3 is 2.33 bits per heavy atom. The average Bonchev–Trinajstić information content (AvgIpc) is 1.41. The normalized spacial score (nSPS) is 7.50. The van der Waals surface area contributed by atoms with Gasteiger partial charge in [0.2, 0.25) is 0 Å². The van der Waals surface area contributed by atoms with Crippen molar-refractivity contribution in [2.24, 2.45) is 4.99 Å². The Labute approximate surface area is 52.4 Å². The molecule has 0 aromatic heterocycles. The third-order valence-corrected chi connectivity index (χ3v) is 0.204. The van der Waals surface area contributed by atoms with E-state index in [0.717, 1.165) is 0 Å². The number of rotatable bonds is 1. The maximum atomic E-state index is 4.78. The number of nitrogens with zero attached hydrogens (tertiary/aromatic N) is 1. The first-order valence-corrected chi connectivity index (χ1v) is 1.32. The van der Waals surface area contributed by atoms with Gasteiger partial charge in [-0.15, -0.1) is 6.92 Å². The smallest absolute Gasteiger partial charge is 0.601 e. The molecule has 0 aliphatic carbocycles. The van der Waals surface area contributed by atoms with Gasteiger partial charge < -0.3 is 17.8 Å². The van der Waals surface area contributed by atoms with E-state index in [1.165, 1.54) is 6.20 Å². The Balaban J connectivity index is 0. The van der Waals surface area contributed by atoms with E-state index in [-0.39, 0.29) is 21.1 Å². The van der Waals surface area contributed by atoms with Crippen LogP contribution in [-0.4, -0.2) is 6.21 Å². The molecule has 0 unspecified atom stereocenters. The molecule has 0 saturated heterocycles. The van der Waals surface area contributed by atoms with E-state index in [4.69, 9.17) is 6.58 Å². The summed E-state index contributed by atoms with van der Waals surface area (Å²) >= 11 is 0. The van der Waals surface area contributed by atoms with Crippen molar-refractivity contribution in [1.82, 2.24) is 0 Å². The van der Waals surface area contributed by atoms with E-state index in [1.54, 1.807) is 6.92 Å². The van der Waals surface area contributed by atoms with Crippen molar-refractivity contribution in [3.05, 3.63) is 12.8 Å². The van der Waals surface area contributed by atoms with Crippen molar-refractivity contribution in [2.75, 3.05) is 0 Å². The van der Waals surface area contributed by atoms with Crippen molar-refractivity contribution >= 4 is 6.21 Å². The van der Waals surface area contributed by atoms with Crippen LogP contribution in [-0.2, 0) is 21.1 Å². The first-order chi connectivity index (χ1) is 2.41. The first-order valence-electron chi connectivity index (χ1n) is 1.32. The van der Waals surface area contributed by atoms with Gasteiger partial charge in [-0.3, -0.25) is 0 Å². The van der Waals surface area contributed by atoms with Crippen molar-refractivity contribution in [1.29, 1.82) is 0 Å². The van der Waals surface area contributed by atoms with Gasteiger partial charge in [0.1, 0.15) is 0 Å². The molecule has 0 N–H and O–H groups in total. The second-order valence-corrected chi connectivity index (χ2v) is 0.502. The number of hydrogen-bond acceptors (Lipinski definition) is 1. The second kappa shape index (κ2) is 8.92. The van der Waals surface area contributed by atoms with Crippen molar-refractivity contribution < 1.29 is 21.1 Å². The third-order valence-electron chi connectivity index (χ3n) is 0.204. The van der Waals surface area contributed by atoms with Gasteiger partial charge in [-0.05, 0) is 0 Å². The van der Waals surface area contributed by atoms with Gasteiger partial charge in [-0.1, -0.05) is 0 Å². The minimum atomic E-state index is 0. The largest absolute Gasteiger partial charge is 2.00 e. The van der Waals surface area contributed by atoms with Gasteiger partial charge in [-0.25, -0.2) is 0 Å².